The Kier molecular flexibility index (Phi) is 7.64. The van der Waals surface area contributed by atoms with E-state index in [4.69, 9.17) is 15.9 Å². The molecule has 5 nitrogen and oxygen atoms in total. The number of hydrogen-bond acceptors (Lipinski definition) is 4. The van der Waals surface area contributed by atoms with Crippen molar-refractivity contribution < 1.29 is 27.4 Å². The zero-order valence-electron chi connectivity index (χ0n) is 16.0. The number of nitrogen functional groups attached to an aromatic ring is 1. The third-order valence-electron chi connectivity index (χ3n) is 4.32. The predicted molar refractivity (Wildman–Crippen MR) is 104 cm³/mol. The van der Waals surface area contributed by atoms with Crippen LogP contribution in [0.15, 0.2) is 42.5 Å². The molecule has 0 heterocycles. The van der Waals surface area contributed by atoms with Crippen LogP contribution >= 0.6 is 0 Å². The van der Waals surface area contributed by atoms with Gasteiger partial charge in [0.25, 0.3) is 0 Å². The quantitative estimate of drug-likeness (QED) is 0.271. The number of ether oxygens (including phenoxy) is 2. The minimum absolute atomic E-state index is 0.108. The molecule has 0 amide bonds. The molecule has 0 aliphatic heterocycles. The topological polar surface area (TPSA) is 85.4 Å². The number of esters is 1. The number of nitrogens with two attached hydrogens (primary N) is 1. The largest absolute Gasteiger partial charge is 0.493 e. The molecule has 0 spiro atoms. The highest BCUT2D eigenvalue weighted by Gasteiger charge is 2.34. The number of methoxy groups -OCH3 is 1. The molecule has 8 heteroatoms. The van der Waals surface area contributed by atoms with Crippen LogP contribution in [0.1, 0.15) is 36.8 Å². The van der Waals surface area contributed by atoms with Crippen molar-refractivity contribution in [3.05, 3.63) is 53.6 Å². The molecule has 0 saturated carbocycles. The maximum Gasteiger partial charge on any atom is 0.419 e. The second-order valence-corrected chi connectivity index (χ2v) is 6.43. The van der Waals surface area contributed by atoms with E-state index in [1.165, 1.54) is 13.2 Å². The van der Waals surface area contributed by atoms with Gasteiger partial charge >= 0.3 is 12.1 Å². The zero-order valence-corrected chi connectivity index (χ0v) is 16.0. The Morgan fingerprint density at radius 3 is 2.28 bits per heavy atom. The van der Waals surface area contributed by atoms with Crippen molar-refractivity contribution in [2.45, 2.75) is 31.9 Å². The Hall–Kier alpha value is -3.03. The smallest absolute Gasteiger partial charge is 0.419 e. The molecular weight excluding hydrogens is 385 g/mol. The van der Waals surface area contributed by atoms with Crippen LogP contribution in [0.5, 0.6) is 5.75 Å². The Balaban J connectivity index is 2.07. The van der Waals surface area contributed by atoms with Crippen LogP contribution < -0.4 is 10.5 Å². The van der Waals surface area contributed by atoms with E-state index in [2.05, 4.69) is 4.74 Å². The first kappa shape index (κ1) is 22.3. The maximum absolute atomic E-state index is 13.5. The minimum atomic E-state index is -4.56. The van der Waals surface area contributed by atoms with Crippen LogP contribution in [0.3, 0.4) is 0 Å². The van der Waals surface area contributed by atoms with Crippen molar-refractivity contribution in [3.8, 4) is 16.9 Å². The van der Waals surface area contributed by atoms with Crippen molar-refractivity contribution in [1.82, 2.24) is 0 Å². The Morgan fingerprint density at radius 1 is 1.03 bits per heavy atom. The van der Waals surface area contributed by atoms with Crippen LogP contribution in [0.4, 0.5) is 13.2 Å². The summed E-state index contributed by atoms with van der Waals surface area (Å²) in [6.07, 6.45) is -2.51. The third-order valence-corrected chi connectivity index (χ3v) is 4.32. The van der Waals surface area contributed by atoms with E-state index in [0.717, 1.165) is 6.07 Å². The van der Waals surface area contributed by atoms with E-state index in [9.17, 15) is 18.0 Å². The summed E-state index contributed by atoms with van der Waals surface area (Å²) in [5, 5.41) is 7.38. The van der Waals surface area contributed by atoms with Gasteiger partial charge in [0.05, 0.1) is 19.3 Å². The highest BCUT2D eigenvalue weighted by atomic mass is 19.4. The molecule has 2 rings (SSSR count). The van der Waals surface area contributed by atoms with Crippen molar-refractivity contribution >= 4 is 11.8 Å². The minimum Gasteiger partial charge on any atom is -0.493 e. The summed E-state index contributed by atoms with van der Waals surface area (Å²) in [5.74, 6) is -0.644. The number of rotatable bonds is 9. The molecule has 156 valence electrons. The van der Waals surface area contributed by atoms with Gasteiger partial charge in [0.2, 0.25) is 0 Å². The summed E-state index contributed by atoms with van der Waals surface area (Å²) < 4.78 is 50.4. The summed E-state index contributed by atoms with van der Waals surface area (Å²) in [4.78, 5) is 11.0. The van der Waals surface area contributed by atoms with Crippen molar-refractivity contribution in [2.75, 3.05) is 13.7 Å². The number of carbonyl (C=O) groups excluding carboxylic acids is 1. The Bertz CT molecular complexity index is 849. The molecule has 2 aromatic rings. The van der Waals surface area contributed by atoms with E-state index < -0.39 is 11.7 Å². The normalized spacial score (nSPS) is 11.2. The van der Waals surface area contributed by atoms with Crippen LogP contribution in [-0.4, -0.2) is 25.5 Å². The zero-order chi connectivity index (χ0) is 21.4. The molecule has 0 unspecified atom stereocenters. The van der Waals surface area contributed by atoms with Gasteiger partial charge in [0, 0.05) is 12.0 Å². The number of carbonyl (C=O) groups is 1. The Labute approximate surface area is 167 Å². The lowest BCUT2D eigenvalue weighted by molar-refractivity contribution is -0.141. The Morgan fingerprint density at radius 2 is 1.69 bits per heavy atom. The number of halogens is 3. The van der Waals surface area contributed by atoms with Crippen molar-refractivity contribution in [2.24, 2.45) is 5.73 Å². The van der Waals surface area contributed by atoms with Crippen LogP contribution in [0, 0.1) is 5.41 Å². The van der Waals surface area contributed by atoms with Gasteiger partial charge in [-0.2, -0.15) is 13.2 Å². The average molecular weight is 408 g/mol. The molecule has 29 heavy (non-hydrogen) atoms. The average Bonchev–Trinajstić information content (AvgIpc) is 2.69. The van der Waals surface area contributed by atoms with Gasteiger partial charge in [-0.25, -0.2) is 0 Å². The van der Waals surface area contributed by atoms with Crippen LogP contribution in [0.25, 0.3) is 11.1 Å². The highest BCUT2D eigenvalue weighted by Crippen LogP contribution is 2.39. The van der Waals surface area contributed by atoms with E-state index >= 15 is 0 Å². The molecule has 0 bridgehead atoms. The number of benzene rings is 2. The van der Waals surface area contributed by atoms with Crippen LogP contribution in [-0.2, 0) is 15.7 Å². The van der Waals surface area contributed by atoms with E-state index in [1.807, 2.05) is 0 Å². The lowest BCUT2D eigenvalue weighted by Crippen LogP contribution is -2.11. The number of hydrogen-bond donors (Lipinski definition) is 2. The maximum atomic E-state index is 13.5. The molecule has 0 radical (unpaired) electrons. The summed E-state index contributed by atoms with van der Waals surface area (Å²) in [6, 6.07) is 10.3. The van der Waals surface area contributed by atoms with Gasteiger partial charge in [-0.15, -0.1) is 0 Å². The standard InChI is InChI=1S/C21H23F3N2O3/c1-28-19(27)5-3-2-4-12-29-18-11-10-16(13-17(18)21(22,23)24)14-6-8-15(9-7-14)20(25)26/h6-11,13H,2-5,12H2,1H3,(H3,25,26). The van der Waals surface area contributed by atoms with Crippen molar-refractivity contribution in [3.63, 3.8) is 0 Å². The first-order valence-electron chi connectivity index (χ1n) is 9.08. The molecular formula is C21H23F3N2O3. The number of alkyl halides is 3. The van der Waals surface area contributed by atoms with Gasteiger partial charge in [0.1, 0.15) is 11.6 Å². The van der Waals surface area contributed by atoms with Gasteiger partial charge in [-0.3, -0.25) is 10.2 Å². The monoisotopic (exact) mass is 408 g/mol. The SMILES string of the molecule is COC(=O)CCCCCOc1ccc(-c2ccc(C(=N)N)cc2)cc1C(F)(F)F. The molecule has 0 fully saturated rings. The fraction of sp³-hybridized carbons (Fsp3) is 0.333. The second-order valence-electron chi connectivity index (χ2n) is 6.43. The molecule has 0 aliphatic carbocycles. The van der Waals surface area contributed by atoms with E-state index in [-0.39, 0.29) is 30.6 Å². The predicted octanol–water partition coefficient (Wildman–Crippen LogP) is 4.77. The second kappa shape index (κ2) is 9.95. The number of unbranched alkanes of at least 4 members (excludes halogenated alkanes) is 2. The van der Waals surface area contributed by atoms with Gasteiger partial charge in [-0.1, -0.05) is 30.3 Å². The lowest BCUT2D eigenvalue weighted by Gasteiger charge is -2.16. The van der Waals surface area contributed by atoms with Crippen LogP contribution in [0.2, 0.25) is 0 Å². The summed E-state index contributed by atoms with van der Waals surface area (Å²) in [6.45, 7) is 0.122. The molecule has 0 saturated heterocycles. The highest BCUT2D eigenvalue weighted by molar-refractivity contribution is 5.95. The first-order chi connectivity index (χ1) is 13.7. The van der Waals surface area contributed by atoms with E-state index in [1.54, 1.807) is 30.3 Å². The van der Waals surface area contributed by atoms with E-state index in [0.29, 0.717) is 36.0 Å². The molecule has 0 aromatic heterocycles. The summed E-state index contributed by atoms with van der Waals surface area (Å²) >= 11 is 0. The number of nitrogens with one attached hydrogen (secondary N) is 1. The molecule has 2 aromatic carbocycles. The molecule has 0 aliphatic rings. The molecule has 3 N–H and O–H groups in total. The van der Waals surface area contributed by atoms with Gasteiger partial charge in [0.15, 0.2) is 0 Å². The molecule has 0 atom stereocenters. The summed E-state index contributed by atoms with van der Waals surface area (Å²) in [5.41, 5.74) is 6.01. The lowest BCUT2D eigenvalue weighted by atomic mass is 10.0. The van der Waals surface area contributed by atoms with Crippen molar-refractivity contribution in [1.29, 1.82) is 5.41 Å². The summed E-state index contributed by atoms with van der Waals surface area (Å²) in [7, 11) is 1.31. The number of amidine groups is 1. The first-order valence-corrected chi connectivity index (χ1v) is 9.08. The van der Waals surface area contributed by atoms with Gasteiger partial charge < -0.3 is 15.2 Å². The fourth-order valence-corrected chi connectivity index (χ4v) is 2.73. The van der Waals surface area contributed by atoms with Gasteiger partial charge in [-0.05, 0) is 42.5 Å². The fourth-order valence-electron chi connectivity index (χ4n) is 2.73. The third kappa shape index (κ3) is 6.51.